The first kappa shape index (κ1) is 15.4. The number of nitro groups is 1. The van der Waals surface area contributed by atoms with Crippen LogP contribution in [-0.4, -0.2) is 42.5 Å². The molecule has 19 heavy (non-hydrogen) atoms. The summed E-state index contributed by atoms with van der Waals surface area (Å²) in [7, 11) is 3.14. The van der Waals surface area contributed by atoms with Gasteiger partial charge in [-0.2, -0.15) is 0 Å². The average Bonchev–Trinajstić information content (AvgIpc) is 2.37. The molecular weight excluding hydrogens is 272 g/mol. The van der Waals surface area contributed by atoms with Crippen molar-refractivity contribution in [2.45, 2.75) is 13.0 Å². The van der Waals surface area contributed by atoms with E-state index in [0.29, 0.717) is 6.54 Å². The minimum Gasteiger partial charge on any atom is -0.380 e. The summed E-state index contributed by atoms with van der Waals surface area (Å²) in [5, 5.41) is 10.9. The van der Waals surface area contributed by atoms with Gasteiger partial charge >= 0.3 is 0 Å². The number of benzene rings is 1. The molecule has 0 aliphatic heterocycles. The maximum Gasteiger partial charge on any atom is 0.270 e. The normalized spacial score (nSPS) is 12.0. The Hall–Kier alpha value is -1.66. The minimum atomic E-state index is -0.565. The van der Waals surface area contributed by atoms with E-state index in [-0.39, 0.29) is 28.3 Å². The number of carbonyl (C=O) groups is 1. The van der Waals surface area contributed by atoms with Crippen LogP contribution in [0.1, 0.15) is 17.3 Å². The summed E-state index contributed by atoms with van der Waals surface area (Å²) in [6, 6.07) is 3.79. The molecule has 0 fully saturated rings. The summed E-state index contributed by atoms with van der Waals surface area (Å²) in [6.07, 6.45) is -0.133. The fraction of sp³-hybridized carbons (Fsp3) is 0.417. The number of rotatable bonds is 5. The molecule has 1 rings (SSSR count). The Morgan fingerprint density at radius 3 is 2.74 bits per heavy atom. The van der Waals surface area contributed by atoms with Crippen LogP contribution in [0, 0.1) is 10.1 Å². The highest BCUT2D eigenvalue weighted by atomic mass is 35.5. The summed E-state index contributed by atoms with van der Waals surface area (Å²) in [5.74, 6) is -0.377. The van der Waals surface area contributed by atoms with Crippen LogP contribution in [-0.2, 0) is 4.74 Å². The number of nitrogens with zero attached hydrogens (tertiary/aromatic N) is 2. The Labute approximate surface area is 116 Å². The molecule has 0 aromatic heterocycles. The Bertz CT molecular complexity index is 493. The maximum absolute atomic E-state index is 12.2. The Kier molecular flexibility index (Phi) is 5.26. The molecular formula is C12H15ClN2O4. The maximum atomic E-state index is 12.2. The van der Waals surface area contributed by atoms with E-state index >= 15 is 0 Å². The smallest absolute Gasteiger partial charge is 0.270 e. The van der Waals surface area contributed by atoms with E-state index in [1.165, 1.54) is 23.1 Å². The van der Waals surface area contributed by atoms with Crippen molar-refractivity contribution in [2.75, 3.05) is 20.7 Å². The lowest BCUT2D eigenvalue weighted by molar-refractivity contribution is -0.384. The molecule has 0 N–H and O–H groups in total. The van der Waals surface area contributed by atoms with Gasteiger partial charge in [-0.05, 0) is 13.0 Å². The molecule has 0 bridgehead atoms. The van der Waals surface area contributed by atoms with Gasteiger partial charge in [0, 0.05) is 32.8 Å². The highest BCUT2D eigenvalue weighted by Crippen LogP contribution is 2.23. The van der Waals surface area contributed by atoms with E-state index in [0.717, 1.165) is 0 Å². The topological polar surface area (TPSA) is 72.7 Å². The van der Waals surface area contributed by atoms with Crippen molar-refractivity contribution >= 4 is 23.2 Å². The lowest BCUT2D eigenvalue weighted by atomic mass is 10.1. The largest absolute Gasteiger partial charge is 0.380 e. The van der Waals surface area contributed by atoms with Crippen molar-refractivity contribution < 1.29 is 14.5 Å². The molecule has 1 unspecified atom stereocenters. The molecule has 1 amide bonds. The molecule has 0 aliphatic carbocycles. The minimum absolute atomic E-state index is 0.113. The fourth-order valence-electron chi connectivity index (χ4n) is 1.54. The van der Waals surface area contributed by atoms with Gasteiger partial charge in [0.1, 0.15) is 0 Å². The highest BCUT2D eigenvalue weighted by molar-refractivity contribution is 6.33. The van der Waals surface area contributed by atoms with Crippen molar-refractivity contribution in [3.63, 3.8) is 0 Å². The van der Waals surface area contributed by atoms with Gasteiger partial charge in [-0.25, -0.2) is 0 Å². The van der Waals surface area contributed by atoms with Gasteiger partial charge in [0.05, 0.1) is 21.6 Å². The molecule has 104 valence electrons. The third kappa shape index (κ3) is 3.90. The number of likely N-dealkylation sites (N-methyl/N-ethyl adjacent to an activating group) is 1. The molecule has 0 saturated carbocycles. The van der Waals surface area contributed by atoms with Gasteiger partial charge in [-0.15, -0.1) is 0 Å². The van der Waals surface area contributed by atoms with Gasteiger partial charge in [0.2, 0.25) is 0 Å². The molecule has 0 spiro atoms. The second-order valence-corrected chi connectivity index (χ2v) is 4.56. The van der Waals surface area contributed by atoms with E-state index < -0.39 is 4.92 Å². The summed E-state index contributed by atoms with van der Waals surface area (Å²) in [5.41, 5.74) is -0.0531. The van der Waals surface area contributed by atoms with Crippen LogP contribution in [0.15, 0.2) is 18.2 Å². The van der Waals surface area contributed by atoms with Crippen LogP contribution < -0.4 is 0 Å². The number of nitro benzene ring substituents is 1. The van der Waals surface area contributed by atoms with E-state index in [4.69, 9.17) is 16.3 Å². The Balaban J connectivity index is 2.98. The Morgan fingerprint density at radius 2 is 2.21 bits per heavy atom. The monoisotopic (exact) mass is 286 g/mol. The summed E-state index contributed by atoms with van der Waals surface area (Å²) >= 11 is 5.91. The fourth-order valence-corrected chi connectivity index (χ4v) is 1.74. The van der Waals surface area contributed by atoms with E-state index in [2.05, 4.69) is 0 Å². The van der Waals surface area contributed by atoms with Crippen LogP contribution in [0.5, 0.6) is 0 Å². The van der Waals surface area contributed by atoms with Crippen molar-refractivity contribution in [3.8, 4) is 0 Å². The summed E-state index contributed by atoms with van der Waals surface area (Å²) < 4.78 is 5.06. The molecule has 0 radical (unpaired) electrons. The lowest BCUT2D eigenvalue weighted by Gasteiger charge is -2.21. The first-order valence-corrected chi connectivity index (χ1v) is 5.96. The average molecular weight is 287 g/mol. The van der Waals surface area contributed by atoms with Crippen molar-refractivity contribution in [2.24, 2.45) is 0 Å². The predicted molar refractivity (Wildman–Crippen MR) is 71.5 cm³/mol. The molecule has 7 heteroatoms. The third-order valence-electron chi connectivity index (χ3n) is 2.67. The second kappa shape index (κ2) is 6.49. The number of halogens is 1. The first-order valence-electron chi connectivity index (χ1n) is 5.59. The number of hydrogen-bond donors (Lipinski definition) is 0. The van der Waals surface area contributed by atoms with Gasteiger partial charge in [0.25, 0.3) is 11.6 Å². The zero-order valence-electron chi connectivity index (χ0n) is 10.9. The molecule has 0 aliphatic rings. The molecule has 6 nitrogen and oxygen atoms in total. The number of amides is 1. The summed E-state index contributed by atoms with van der Waals surface area (Å²) in [6.45, 7) is 2.19. The molecule has 1 aromatic rings. The highest BCUT2D eigenvalue weighted by Gasteiger charge is 2.20. The predicted octanol–water partition coefficient (Wildman–Crippen LogP) is 2.36. The molecule has 0 heterocycles. The SMILES string of the molecule is COC(C)CN(C)C(=O)c1cc([N+](=O)[O-])ccc1Cl. The van der Waals surface area contributed by atoms with E-state index in [1.807, 2.05) is 6.92 Å². The van der Waals surface area contributed by atoms with Crippen LogP contribution >= 0.6 is 11.6 Å². The zero-order valence-corrected chi connectivity index (χ0v) is 11.7. The molecule has 0 saturated heterocycles. The standard InChI is InChI=1S/C12H15ClN2O4/c1-8(19-3)7-14(2)12(16)10-6-9(15(17)18)4-5-11(10)13/h4-6,8H,7H2,1-3H3. The van der Waals surface area contributed by atoms with Gasteiger partial charge in [-0.3, -0.25) is 14.9 Å². The molecule has 1 atom stereocenters. The van der Waals surface area contributed by atoms with Gasteiger partial charge < -0.3 is 9.64 Å². The first-order chi connectivity index (χ1) is 8.86. The summed E-state index contributed by atoms with van der Waals surface area (Å²) in [4.78, 5) is 23.7. The van der Waals surface area contributed by atoms with Gasteiger partial charge in [-0.1, -0.05) is 11.6 Å². The van der Waals surface area contributed by atoms with Crippen LogP contribution in [0.25, 0.3) is 0 Å². The quantitative estimate of drug-likeness (QED) is 0.615. The van der Waals surface area contributed by atoms with Crippen LogP contribution in [0.4, 0.5) is 5.69 Å². The van der Waals surface area contributed by atoms with Crippen molar-refractivity contribution in [1.29, 1.82) is 0 Å². The number of methoxy groups -OCH3 is 1. The molecule has 1 aromatic carbocycles. The zero-order chi connectivity index (χ0) is 14.6. The Morgan fingerprint density at radius 1 is 1.58 bits per heavy atom. The van der Waals surface area contributed by atoms with Crippen molar-refractivity contribution in [3.05, 3.63) is 38.9 Å². The van der Waals surface area contributed by atoms with Crippen LogP contribution in [0.3, 0.4) is 0 Å². The van der Waals surface area contributed by atoms with E-state index in [1.54, 1.807) is 14.2 Å². The van der Waals surface area contributed by atoms with E-state index in [9.17, 15) is 14.9 Å². The van der Waals surface area contributed by atoms with Crippen molar-refractivity contribution in [1.82, 2.24) is 4.90 Å². The number of hydrogen-bond acceptors (Lipinski definition) is 4. The number of non-ortho nitro benzene ring substituents is 1. The van der Waals surface area contributed by atoms with Crippen LogP contribution in [0.2, 0.25) is 5.02 Å². The number of ether oxygens (including phenoxy) is 1. The number of carbonyl (C=O) groups excluding carboxylic acids is 1. The second-order valence-electron chi connectivity index (χ2n) is 4.15. The van der Waals surface area contributed by atoms with Gasteiger partial charge in [0.15, 0.2) is 0 Å². The third-order valence-corrected chi connectivity index (χ3v) is 3.00. The lowest BCUT2D eigenvalue weighted by Crippen LogP contribution is -2.34.